The molecule has 10 bridgehead atoms. The summed E-state index contributed by atoms with van der Waals surface area (Å²) in [6.45, 7) is 23.9. The summed E-state index contributed by atoms with van der Waals surface area (Å²) in [5, 5.41) is 0. The largest absolute Gasteiger partial charge is 0.382 e. The molecule has 0 aromatic carbocycles. The second-order valence-electron chi connectivity index (χ2n) is 51.2. The van der Waals surface area contributed by atoms with Crippen molar-refractivity contribution in [3.63, 3.8) is 0 Å². The number of rotatable bonds is 50. The van der Waals surface area contributed by atoms with E-state index in [4.69, 9.17) is 152 Å². The Morgan fingerprint density at radius 2 is 0.535 bits per heavy atom. The van der Waals surface area contributed by atoms with Crippen LogP contribution in [0.4, 0.5) is 0 Å². The minimum atomic E-state index is -0.459. The van der Waals surface area contributed by atoms with E-state index < -0.39 is 36.6 Å². The van der Waals surface area contributed by atoms with Crippen molar-refractivity contribution >= 4 is 0 Å². The smallest absolute Gasteiger partial charge is 0.115 e. The molecule has 16 saturated heterocycles. The number of fused-ring (bicyclic) bond motifs is 10. The van der Waals surface area contributed by atoms with Gasteiger partial charge in [0, 0.05) is 64.4 Å². The van der Waals surface area contributed by atoms with Crippen LogP contribution in [-0.4, -0.2) is 405 Å². The lowest BCUT2D eigenvalue weighted by Gasteiger charge is -2.65. The Bertz CT molecular complexity index is 3620. The molecule has 30 atom stereocenters. The molecule has 32 heteroatoms. The standard InChI is InChI=1S/C26H42O6.C24H36O12.C24H36O4.C19H28O6.C13H20O2.C4H8O2/c1-26(14-27-11-17-2-5-20-23(8-17)30-20,15-28-12-18-3-6-21-24(9-18)31-21)16-29-13-19-4-7-22-25(10-19)32-22;1-13(25-1)7-31-19-20(32-8-14-2-26-14)22(34-10-16-4-28-16)24(36-12-18-6-30-18)23(35-11-17-5-29-17)21(19)33-9-15-3-27-15;1-3-19-21(27-19)6-17(1)25-13-23-8-15-5-16(9-23)11-24(10-15,12-23)14-26-18-2-4-20-22(7-18)28-20;1-13-2-18(24-8-15-5-21-15)10-17(1,23-7-14-4-20-14)11-19(3-13,12-18)25-9-16-6-22-16;1-2-9-3-8(1)12-4-10(5-13(9)12)14-6-11-7-15-11;1-5-2-4-3-6-4/h17-25H,2-16H2,1H3;13-24H,1-12H2;15-22H,1-14H2;13-16H,1-12H2;8-13H,1-7H2;4H,2-3H2,1H3. The Kier molecular flexibility index (Phi) is 30.6. The molecule has 33 aliphatic rings. The first kappa shape index (κ1) is 100. The number of methoxy groups -OCH3 is 1. The highest BCUT2D eigenvalue weighted by Gasteiger charge is 2.68. The lowest BCUT2D eigenvalue weighted by molar-refractivity contribution is -0.292. The molecule has 0 amide bonds. The van der Waals surface area contributed by atoms with E-state index in [9.17, 15) is 0 Å². The van der Waals surface area contributed by atoms with Crippen molar-refractivity contribution in [3.8, 4) is 0 Å². The normalized spacial score (nSPS) is 50.8. The summed E-state index contributed by atoms with van der Waals surface area (Å²) in [5.41, 5.74) is 0.506. The summed E-state index contributed by atoms with van der Waals surface area (Å²) in [7, 11) is 1.68. The summed E-state index contributed by atoms with van der Waals surface area (Å²) >= 11 is 0. The predicted molar refractivity (Wildman–Crippen MR) is 504 cm³/mol. The molecule has 0 spiro atoms. The summed E-state index contributed by atoms with van der Waals surface area (Å²) in [5.74, 6) is 8.65. The van der Waals surface area contributed by atoms with Gasteiger partial charge in [-0.3, -0.25) is 0 Å². The van der Waals surface area contributed by atoms with Gasteiger partial charge in [0.25, 0.3) is 0 Å². The van der Waals surface area contributed by atoms with Gasteiger partial charge in [0.1, 0.15) is 104 Å². The van der Waals surface area contributed by atoms with E-state index in [2.05, 4.69) is 6.92 Å². The van der Waals surface area contributed by atoms with Gasteiger partial charge < -0.3 is 152 Å². The lowest BCUT2D eigenvalue weighted by Crippen LogP contribution is -2.68. The number of hydrogen-bond acceptors (Lipinski definition) is 32. The van der Waals surface area contributed by atoms with Crippen LogP contribution in [0.3, 0.4) is 0 Å². The average Bonchev–Trinajstić information content (AvgIpc) is 1.68. The highest BCUT2D eigenvalue weighted by Crippen LogP contribution is 2.68. The molecule has 802 valence electrons. The molecule has 0 radical (unpaired) electrons. The van der Waals surface area contributed by atoms with Crippen molar-refractivity contribution in [3.05, 3.63) is 0 Å². The fourth-order valence-corrected chi connectivity index (χ4v) is 30.4. The zero-order chi connectivity index (χ0) is 94.6. The van der Waals surface area contributed by atoms with E-state index in [1.165, 1.54) is 148 Å². The molecule has 0 aromatic rings. The maximum atomic E-state index is 6.59. The van der Waals surface area contributed by atoms with Crippen molar-refractivity contribution in [2.45, 2.75) is 412 Å². The van der Waals surface area contributed by atoms with E-state index in [-0.39, 0.29) is 58.8 Å². The summed E-state index contributed by atoms with van der Waals surface area (Å²) in [4.78, 5) is 0. The van der Waals surface area contributed by atoms with Crippen molar-refractivity contribution in [1.29, 1.82) is 0 Å². The van der Waals surface area contributed by atoms with E-state index in [1.807, 2.05) is 0 Å². The van der Waals surface area contributed by atoms with Gasteiger partial charge >= 0.3 is 0 Å². The second kappa shape index (κ2) is 43.5. The molecule has 33 rings (SSSR count). The zero-order valence-corrected chi connectivity index (χ0v) is 85.0. The molecular weight excluding hydrogens is 1830 g/mol. The molecule has 16 aliphatic heterocycles. The van der Waals surface area contributed by atoms with E-state index in [0.717, 1.165) is 186 Å². The van der Waals surface area contributed by atoms with Gasteiger partial charge in [0.15, 0.2) is 0 Å². The minimum absolute atomic E-state index is 0.0873. The fourth-order valence-electron chi connectivity index (χ4n) is 30.4. The molecule has 16 heterocycles. The summed E-state index contributed by atoms with van der Waals surface area (Å²) in [6.07, 6.45) is 46.8. The van der Waals surface area contributed by atoms with Crippen LogP contribution >= 0.6 is 0 Å². The maximum Gasteiger partial charge on any atom is 0.115 e. The van der Waals surface area contributed by atoms with Crippen LogP contribution in [0.1, 0.15) is 212 Å². The molecule has 32 nitrogen and oxygen atoms in total. The molecule has 0 aromatic heterocycles. The Morgan fingerprint density at radius 3 is 0.824 bits per heavy atom. The first-order valence-corrected chi connectivity index (χ1v) is 57.3. The van der Waals surface area contributed by atoms with Gasteiger partial charge in [0.2, 0.25) is 0 Å². The Hall–Kier alpha value is -1.28. The van der Waals surface area contributed by atoms with Gasteiger partial charge in [-0.1, -0.05) is 6.92 Å². The first-order valence-electron chi connectivity index (χ1n) is 57.3. The van der Waals surface area contributed by atoms with Crippen LogP contribution in [0, 0.1) is 75.4 Å². The van der Waals surface area contributed by atoms with Gasteiger partial charge in [-0.15, -0.1) is 0 Å². The number of hydrogen-bond donors (Lipinski definition) is 0. The van der Waals surface area contributed by atoms with Crippen LogP contribution in [0.5, 0.6) is 0 Å². The van der Waals surface area contributed by atoms with Gasteiger partial charge in [-0.25, -0.2) is 0 Å². The zero-order valence-electron chi connectivity index (χ0n) is 85.0. The molecule has 0 N–H and O–H groups in total. The maximum absolute atomic E-state index is 6.59. The van der Waals surface area contributed by atoms with Gasteiger partial charge in [-0.05, 0) is 243 Å². The van der Waals surface area contributed by atoms with Gasteiger partial charge in [-0.2, -0.15) is 0 Å². The first-order chi connectivity index (χ1) is 69.6. The fraction of sp³-hybridized carbons (Fsp3) is 1.00. The Morgan fingerprint density at radius 1 is 0.246 bits per heavy atom. The van der Waals surface area contributed by atoms with Crippen molar-refractivity contribution in [1.82, 2.24) is 0 Å². The van der Waals surface area contributed by atoms with Crippen LogP contribution < -0.4 is 0 Å². The van der Waals surface area contributed by atoms with Crippen molar-refractivity contribution in [2.75, 3.05) is 205 Å². The van der Waals surface area contributed by atoms with Gasteiger partial charge in [0.05, 0.1) is 275 Å². The molecule has 17 saturated carbocycles. The Balaban J connectivity index is 0.0000000911. The summed E-state index contributed by atoms with van der Waals surface area (Å²) < 4.78 is 188. The average molecular weight is 2000 g/mol. The lowest BCUT2D eigenvalue weighted by atomic mass is 9.44. The highest BCUT2D eigenvalue weighted by molar-refractivity contribution is 5.19. The van der Waals surface area contributed by atoms with E-state index in [0.29, 0.717) is 243 Å². The van der Waals surface area contributed by atoms with Crippen molar-refractivity contribution < 1.29 is 152 Å². The molecule has 17 aliphatic carbocycles. The third-order valence-corrected chi connectivity index (χ3v) is 38.3. The summed E-state index contributed by atoms with van der Waals surface area (Å²) in [6, 6.07) is 0. The monoisotopic (exact) mass is 2000 g/mol. The predicted octanol–water partition coefficient (Wildman–Crippen LogP) is 10.4. The number of ether oxygens (including phenoxy) is 32. The Labute approximate surface area is 840 Å². The van der Waals surface area contributed by atoms with E-state index >= 15 is 0 Å². The van der Waals surface area contributed by atoms with Crippen LogP contribution in [0.15, 0.2) is 0 Å². The third-order valence-electron chi connectivity index (χ3n) is 38.3. The minimum Gasteiger partial charge on any atom is -0.382 e. The van der Waals surface area contributed by atoms with Crippen LogP contribution in [0.25, 0.3) is 0 Å². The third kappa shape index (κ3) is 27.1. The van der Waals surface area contributed by atoms with Crippen LogP contribution in [0.2, 0.25) is 0 Å². The molecule has 33 fully saturated rings. The molecule has 30 unspecified atom stereocenters. The van der Waals surface area contributed by atoms with Crippen LogP contribution in [-0.2, 0) is 152 Å². The highest BCUT2D eigenvalue weighted by atomic mass is 16.7. The SMILES string of the molecule is C1C2CC3(COC4CCC5OC5C4)CC1CC(COC1CCC4OC4C1)(C2)C3.C1OC1COC12CC3CC(OCC4CO4)(C1)CC(OCC1CO1)(C3)C2.C1OC1COC1C(OCC2CO2)C(OCC2CO2)C(OCC2CO2)C(OCC2CO2)C1OCC1CO1.C1OC1COC1CC2C3CCC(C3)C2C1.CC(COCC1CCC2OC2C1)(COCC1CCC2OC2C1)COCC1CCC2OC2C1.COCC1CO1. The van der Waals surface area contributed by atoms with E-state index in [1.54, 1.807) is 13.5 Å². The quantitative estimate of drug-likeness (QED) is 0.0511. The topological polar surface area (TPSA) is 348 Å². The van der Waals surface area contributed by atoms with Crippen molar-refractivity contribution in [2.24, 2.45) is 75.4 Å². The molecule has 142 heavy (non-hydrogen) atoms. The molecular formula is C110H170O32. The number of epoxide rings is 16. The second-order valence-corrected chi connectivity index (χ2v) is 51.2.